The zero-order chi connectivity index (χ0) is 13.0. The van der Waals surface area contributed by atoms with Gasteiger partial charge < -0.3 is 9.84 Å². The van der Waals surface area contributed by atoms with Gasteiger partial charge in [-0.25, -0.2) is 4.79 Å². The summed E-state index contributed by atoms with van der Waals surface area (Å²) in [4.78, 5) is 10.5. The van der Waals surface area contributed by atoms with E-state index in [2.05, 4.69) is 0 Å². The quantitative estimate of drug-likeness (QED) is 0.837. The maximum absolute atomic E-state index is 10.5. The Hall–Kier alpha value is -2.29. The van der Waals surface area contributed by atoms with Crippen molar-refractivity contribution in [2.45, 2.75) is 6.92 Å². The molecule has 0 saturated heterocycles. The van der Waals surface area contributed by atoms with E-state index in [0.717, 1.165) is 22.6 Å². The van der Waals surface area contributed by atoms with Gasteiger partial charge in [0.2, 0.25) is 0 Å². The van der Waals surface area contributed by atoms with Crippen molar-refractivity contribution in [2.24, 2.45) is 0 Å². The van der Waals surface area contributed by atoms with E-state index < -0.39 is 5.97 Å². The van der Waals surface area contributed by atoms with Crippen molar-refractivity contribution in [3.8, 4) is 5.75 Å². The fourth-order valence-corrected chi connectivity index (χ4v) is 1.71. The van der Waals surface area contributed by atoms with Gasteiger partial charge in [-0.05, 0) is 35.4 Å². The van der Waals surface area contributed by atoms with Gasteiger partial charge in [0.1, 0.15) is 12.4 Å². The summed E-state index contributed by atoms with van der Waals surface area (Å²) >= 11 is 0. The van der Waals surface area contributed by atoms with Crippen molar-refractivity contribution in [3.63, 3.8) is 0 Å². The molecule has 1 N–H and O–H groups in total. The molecule has 2 rings (SSSR count). The highest BCUT2D eigenvalue weighted by Crippen LogP contribution is 2.20. The summed E-state index contributed by atoms with van der Waals surface area (Å²) < 4.78 is 5.55. The Morgan fingerprint density at radius 2 is 1.94 bits per heavy atom. The van der Waals surface area contributed by atoms with Gasteiger partial charge in [0.15, 0.2) is 0 Å². The van der Waals surface area contributed by atoms with Crippen LogP contribution in [0.15, 0.2) is 54.1 Å². The number of benzene rings is 2. The predicted molar refractivity (Wildman–Crippen MR) is 70.8 cm³/mol. The molecule has 3 nitrogen and oxygen atoms in total. The van der Waals surface area contributed by atoms with Crippen LogP contribution in [0.5, 0.6) is 5.75 Å². The number of hydrogen-bond donors (Lipinski definition) is 1. The molecule has 18 heavy (non-hydrogen) atoms. The summed E-state index contributed by atoms with van der Waals surface area (Å²) in [6.45, 7) is 2.01. The van der Waals surface area contributed by atoms with Crippen LogP contribution in [0.4, 0.5) is 0 Å². The zero-order valence-electron chi connectivity index (χ0n) is 10.1. The molecule has 0 amide bonds. The Labute approximate surface area is 105 Å². The van der Waals surface area contributed by atoms with E-state index in [1.807, 2.05) is 42.5 Å². The molecule has 0 atom stereocenters. The largest absolute Gasteiger partial charge is 0.489 e. The molecule has 92 valence electrons. The lowest BCUT2D eigenvalue weighted by atomic mass is 10.1. The number of carboxylic acid groups (broad SMARTS) is 1. The Balaban J connectivity index is 2.10. The van der Waals surface area contributed by atoms with Crippen LogP contribution in [0.3, 0.4) is 0 Å². The van der Waals surface area contributed by atoms with Gasteiger partial charge in [-0.15, -0.1) is 0 Å². The monoisotopic (exact) mass is 242 g/mol. The molecule has 3 heteroatoms. The van der Waals surface area contributed by atoms with Gasteiger partial charge in [0.25, 0.3) is 0 Å². The number of fused-ring (bicyclic) bond motifs is 1. The van der Waals surface area contributed by atoms with Gasteiger partial charge in [-0.1, -0.05) is 30.3 Å². The van der Waals surface area contributed by atoms with E-state index in [-0.39, 0.29) is 6.61 Å². The fraction of sp³-hybridized carbons (Fsp3) is 0.133. The Kier molecular flexibility index (Phi) is 3.63. The van der Waals surface area contributed by atoms with Gasteiger partial charge in [0, 0.05) is 6.08 Å². The van der Waals surface area contributed by atoms with Crippen LogP contribution >= 0.6 is 0 Å². The second kappa shape index (κ2) is 5.36. The summed E-state index contributed by atoms with van der Waals surface area (Å²) in [7, 11) is 0. The molecule has 0 aliphatic carbocycles. The molecule has 0 spiro atoms. The van der Waals surface area contributed by atoms with Crippen molar-refractivity contribution in [1.82, 2.24) is 0 Å². The number of carboxylic acids is 1. The molecule has 0 heterocycles. The number of ether oxygens (including phenoxy) is 1. The molecule has 2 aromatic rings. The second-order valence-corrected chi connectivity index (χ2v) is 4.13. The fourth-order valence-electron chi connectivity index (χ4n) is 1.71. The van der Waals surface area contributed by atoms with Gasteiger partial charge in [0.05, 0.1) is 0 Å². The minimum Gasteiger partial charge on any atom is -0.489 e. The molecule has 2 aromatic carbocycles. The summed E-state index contributed by atoms with van der Waals surface area (Å²) in [6, 6.07) is 13.8. The summed E-state index contributed by atoms with van der Waals surface area (Å²) in [5, 5.41) is 10.9. The van der Waals surface area contributed by atoms with Crippen molar-refractivity contribution in [3.05, 3.63) is 54.1 Å². The molecular weight excluding hydrogens is 228 g/mol. The summed E-state index contributed by atoms with van der Waals surface area (Å²) in [5.74, 6) is -0.207. The SMILES string of the molecule is CC(=CC(=O)O)COc1ccc2ccccc2c1. The smallest absolute Gasteiger partial charge is 0.328 e. The Morgan fingerprint density at radius 3 is 2.67 bits per heavy atom. The minimum atomic E-state index is -0.949. The number of carbonyl (C=O) groups is 1. The van der Waals surface area contributed by atoms with Crippen molar-refractivity contribution >= 4 is 16.7 Å². The number of hydrogen-bond acceptors (Lipinski definition) is 2. The molecule has 0 aromatic heterocycles. The molecule has 0 fully saturated rings. The predicted octanol–water partition coefficient (Wildman–Crippen LogP) is 3.25. The van der Waals surface area contributed by atoms with Crippen molar-refractivity contribution in [1.29, 1.82) is 0 Å². The van der Waals surface area contributed by atoms with E-state index in [4.69, 9.17) is 9.84 Å². The average molecular weight is 242 g/mol. The molecule has 0 bridgehead atoms. The molecule has 0 aliphatic heterocycles. The lowest BCUT2D eigenvalue weighted by molar-refractivity contribution is -0.131. The lowest BCUT2D eigenvalue weighted by Gasteiger charge is -2.07. The van der Waals surface area contributed by atoms with Crippen LogP contribution < -0.4 is 4.74 Å². The molecule has 0 unspecified atom stereocenters. The molecular formula is C15H14O3. The van der Waals surface area contributed by atoms with Gasteiger partial charge >= 0.3 is 5.97 Å². The first kappa shape index (κ1) is 12.2. The lowest BCUT2D eigenvalue weighted by Crippen LogP contribution is -2.01. The van der Waals surface area contributed by atoms with Crippen molar-refractivity contribution < 1.29 is 14.6 Å². The van der Waals surface area contributed by atoms with Crippen LogP contribution in [0, 0.1) is 0 Å². The minimum absolute atomic E-state index is 0.282. The van der Waals surface area contributed by atoms with Crippen LogP contribution in [0.2, 0.25) is 0 Å². The van der Waals surface area contributed by atoms with Gasteiger partial charge in [-0.3, -0.25) is 0 Å². The Bertz CT molecular complexity index is 599. The third kappa shape index (κ3) is 3.10. The first-order valence-corrected chi connectivity index (χ1v) is 5.67. The van der Waals surface area contributed by atoms with E-state index in [0.29, 0.717) is 5.57 Å². The third-order valence-corrected chi connectivity index (χ3v) is 2.56. The second-order valence-electron chi connectivity index (χ2n) is 4.13. The van der Waals surface area contributed by atoms with E-state index >= 15 is 0 Å². The summed E-state index contributed by atoms with van der Waals surface area (Å²) in [6.07, 6.45) is 1.15. The van der Waals surface area contributed by atoms with E-state index in [1.54, 1.807) is 6.92 Å². The summed E-state index contributed by atoms with van der Waals surface area (Å²) in [5.41, 5.74) is 0.677. The Morgan fingerprint density at radius 1 is 1.22 bits per heavy atom. The highest BCUT2D eigenvalue weighted by Gasteiger charge is 1.99. The number of aliphatic carboxylic acids is 1. The molecule has 0 aliphatic rings. The van der Waals surface area contributed by atoms with Crippen LogP contribution in [-0.4, -0.2) is 17.7 Å². The van der Waals surface area contributed by atoms with Crippen molar-refractivity contribution in [2.75, 3.05) is 6.61 Å². The first-order valence-electron chi connectivity index (χ1n) is 5.67. The maximum atomic E-state index is 10.5. The average Bonchev–Trinajstić information content (AvgIpc) is 2.35. The normalized spacial score (nSPS) is 11.5. The maximum Gasteiger partial charge on any atom is 0.328 e. The highest BCUT2D eigenvalue weighted by atomic mass is 16.5. The van der Waals surface area contributed by atoms with Crippen LogP contribution in [0.1, 0.15) is 6.92 Å². The van der Waals surface area contributed by atoms with Crippen LogP contribution in [-0.2, 0) is 4.79 Å². The molecule has 0 radical (unpaired) electrons. The topological polar surface area (TPSA) is 46.5 Å². The van der Waals surface area contributed by atoms with E-state index in [9.17, 15) is 4.79 Å². The first-order chi connectivity index (χ1) is 8.65. The molecule has 0 saturated carbocycles. The third-order valence-electron chi connectivity index (χ3n) is 2.56. The van der Waals surface area contributed by atoms with Gasteiger partial charge in [-0.2, -0.15) is 0 Å². The standard InChI is InChI=1S/C15H14O3/c1-11(8-15(16)17)10-18-14-7-6-12-4-2-3-5-13(12)9-14/h2-9H,10H2,1H3,(H,16,17). The number of rotatable bonds is 4. The zero-order valence-corrected chi connectivity index (χ0v) is 10.1. The highest BCUT2D eigenvalue weighted by molar-refractivity contribution is 5.83. The van der Waals surface area contributed by atoms with E-state index in [1.165, 1.54) is 0 Å². The van der Waals surface area contributed by atoms with Crippen LogP contribution in [0.25, 0.3) is 10.8 Å².